The summed E-state index contributed by atoms with van der Waals surface area (Å²) in [7, 11) is 0. The van der Waals surface area contributed by atoms with Crippen LogP contribution in [0.15, 0.2) is 12.1 Å². The molecule has 3 N–H and O–H groups in total. The summed E-state index contributed by atoms with van der Waals surface area (Å²) in [6, 6.07) is 2.51. The number of aromatic hydroxyl groups is 1. The molecule has 1 aromatic carbocycles. The molecule has 2 nitrogen and oxygen atoms in total. The minimum atomic E-state index is -0.904. The molecule has 0 saturated carbocycles. The van der Waals surface area contributed by atoms with E-state index in [4.69, 9.17) is 17.3 Å². The first-order chi connectivity index (χ1) is 6.40. The van der Waals surface area contributed by atoms with Crippen LogP contribution in [0.2, 0.25) is 5.02 Å². The van der Waals surface area contributed by atoms with Crippen LogP contribution in [0, 0.1) is 5.82 Å². The highest BCUT2D eigenvalue weighted by molar-refractivity contribution is 6.32. The van der Waals surface area contributed by atoms with Crippen molar-refractivity contribution in [3.05, 3.63) is 28.5 Å². The van der Waals surface area contributed by atoms with E-state index in [1.54, 1.807) is 6.92 Å². The van der Waals surface area contributed by atoms with E-state index in [0.717, 1.165) is 0 Å². The topological polar surface area (TPSA) is 46.2 Å². The quantitative estimate of drug-likeness (QED) is 0.800. The highest BCUT2D eigenvalue weighted by Gasteiger charge is 2.27. The van der Waals surface area contributed by atoms with Crippen molar-refractivity contribution in [3.8, 4) is 5.75 Å². The standard InChI is InChI=1S/C10H13ClFNO/c1-3-10(2,13)8-7(12)5-4-6(11)9(8)14/h4-5,14H,3,13H2,1-2H3. The maximum absolute atomic E-state index is 13.4. The second kappa shape index (κ2) is 3.75. The number of hydrogen-bond donors (Lipinski definition) is 2. The maximum atomic E-state index is 13.4. The Balaban J connectivity index is 3.40. The van der Waals surface area contributed by atoms with Gasteiger partial charge >= 0.3 is 0 Å². The summed E-state index contributed by atoms with van der Waals surface area (Å²) in [6.45, 7) is 3.47. The summed E-state index contributed by atoms with van der Waals surface area (Å²) in [5.41, 5.74) is 5.02. The van der Waals surface area contributed by atoms with Crippen LogP contribution >= 0.6 is 11.6 Å². The second-order valence-electron chi connectivity index (χ2n) is 3.52. The number of benzene rings is 1. The summed E-state index contributed by atoms with van der Waals surface area (Å²) in [5, 5.41) is 9.71. The van der Waals surface area contributed by atoms with E-state index in [9.17, 15) is 9.50 Å². The van der Waals surface area contributed by atoms with Gasteiger partial charge in [0.1, 0.15) is 11.6 Å². The van der Waals surface area contributed by atoms with Crippen LogP contribution in [0.4, 0.5) is 4.39 Å². The number of hydrogen-bond acceptors (Lipinski definition) is 2. The fraction of sp³-hybridized carbons (Fsp3) is 0.400. The lowest BCUT2D eigenvalue weighted by Gasteiger charge is -2.25. The van der Waals surface area contributed by atoms with Gasteiger partial charge < -0.3 is 10.8 Å². The van der Waals surface area contributed by atoms with Gasteiger partial charge in [-0.2, -0.15) is 0 Å². The molecule has 0 radical (unpaired) electrons. The molecule has 0 aromatic heterocycles. The molecule has 14 heavy (non-hydrogen) atoms. The van der Waals surface area contributed by atoms with Crippen molar-refractivity contribution in [1.82, 2.24) is 0 Å². The lowest BCUT2D eigenvalue weighted by Crippen LogP contribution is -2.33. The Kier molecular flexibility index (Phi) is 3.02. The monoisotopic (exact) mass is 217 g/mol. The summed E-state index contributed by atoms with van der Waals surface area (Å²) in [6.07, 6.45) is 0.512. The fourth-order valence-corrected chi connectivity index (χ4v) is 1.42. The lowest BCUT2D eigenvalue weighted by atomic mass is 9.89. The third kappa shape index (κ3) is 1.83. The van der Waals surface area contributed by atoms with Crippen LogP contribution in [-0.4, -0.2) is 5.11 Å². The molecule has 0 fully saturated rings. The minimum absolute atomic E-state index is 0.0764. The highest BCUT2D eigenvalue weighted by atomic mass is 35.5. The molecule has 1 rings (SSSR count). The molecule has 1 atom stereocenters. The van der Waals surface area contributed by atoms with Crippen molar-refractivity contribution in [2.75, 3.05) is 0 Å². The number of phenols is 1. The van der Waals surface area contributed by atoms with Crippen LogP contribution in [0.1, 0.15) is 25.8 Å². The minimum Gasteiger partial charge on any atom is -0.506 e. The molecule has 0 heterocycles. The van der Waals surface area contributed by atoms with Crippen molar-refractivity contribution < 1.29 is 9.50 Å². The van der Waals surface area contributed by atoms with Crippen LogP contribution in [0.25, 0.3) is 0 Å². The van der Waals surface area contributed by atoms with Gasteiger partial charge in [0.05, 0.1) is 10.6 Å². The Bertz CT molecular complexity index is 352. The van der Waals surface area contributed by atoms with Gasteiger partial charge in [-0.15, -0.1) is 0 Å². The first-order valence-electron chi connectivity index (χ1n) is 4.36. The highest BCUT2D eigenvalue weighted by Crippen LogP contribution is 2.36. The number of nitrogens with two attached hydrogens (primary N) is 1. The maximum Gasteiger partial charge on any atom is 0.142 e. The predicted octanol–water partition coefficient (Wildman–Crippen LogP) is 2.77. The Labute approximate surface area is 87.5 Å². The summed E-state index contributed by atoms with van der Waals surface area (Å²) in [4.78, 5) is 0. The molecule has 0 aliphatic carbocycles. The van der Waals surface area contributed by atoms with E-state index in [-0.39, 0.29) is 16.3 Å². The normalized spacial score (nSPS) is 15.2. The summed E-state index contributed by atoms with van der Waals surface area (Å²) in [5.74, 6) is -0.794. The fourth-order valence-electron chi connectivity index (χ4n) is 1.26. The van der Waals surface area contributed by atoms with Gasteiger partial charge in [0.15, 0.2) is 0 Å². The molecule has 78 valence electrons. The van der Waals surface area contributed by atoms with Gasteiger partial charge in [0, 0.05) is 5.54 Å². The Hall–Kier alpha value is -0.800. The zero-order chi connectivity index (χ0) is 10.9. The van der Waals surface area contributed by atoms with Crippen LogP contribution in [-0.2, 0) is 5.54 Å². The Morgan fingerprint density at radius 3 is 2.64 bits per heavy atom. The first-order valence-corrected chi connectivity index (χ1v) is 4.74. The second-order valence-corrected chi connectivity index (χ2v) is 3.93. The van der Waals surface area contributed by atoms with Crippen molar-refractivity contribution in [1.29, 1.82) is 0 Å². The molecule has 4 heteroatoms. The first kappa shape index (κ1) is 11.3. The van der Waals surface area contributed by atoms with E-state index in [2.05, 4.69) is 0 Å². The third-order valence-corrected chi connectivity index (χ3v) is 2.69. The van der Waals surface area contributed by atoms with Crippen LogP contribution in [0.3, 0.4) is 0 Å². The van der Waals surface area contributed by atoms with Crippen molar-refractivity contribution in [2.24, 2.45) is 5.73 Å². The Morgan fingerprint density at radius 2 is 2.14 bits per heavy atom. The summed E-state index contributed by atoms with van der Waals surface area (Å²) < 4.78 is 13.4. The molecule has 0 aliphatic rings. The van der Waals surface area contributed by atoms with Crippen LogP contribution in [0.5, 0.6) is 5.75 Å². The van der Waals surface area contributed by atoms with Gasteiger partial charge in [0.2, 0.25) is 0 Å². The van der Waals surface area contributed by atoms with Gasteiger partial charge in [-0.05, 0) is 25.5 Å². The van der Waals surface area contributed by atoms with Crippen molar-refractivity contribution in [2.45, 2.75) is 25.8 Å². The van der Waals surface area contributed by atoms with Gasteiger partial charge in [-0.3, -0.25) is 0 Å². The number of phenolic OH excluding ortho intramolecular Hbond substituents is 1. The van der Waals surface area contributed by atoms with E-state index < -0.39 is 11.4 Å². The molecule has 1 unspecified atom stereocenters. The van der Waals surface area contributed by atoms with Crippen LogP contribution < -0.4 is 5.73 Å². The van der Waals surface area contributed by atoms with E-state index in [1.165, 1.54) is 12.1 Å². The van der Waals surface area contributed by atoms with Gasteiger partial charge in [0.25, 0.3) is 0 Å². The van der Waals surface area contributed by atoms with Crippen molar-refractivity contribution >= 4 is 11.6 Å². The number of halogens is 2. The molecule has 0 bridgehead atoms. The predicted molar refractivity (Wildman–Crippen MR) is 54.9 cm³/mol. The molecule has 0 saturated heterocycles. The molecule has 1 aromatic rings. The van der Waals surface area contributed by atoms with E-state index in [1.807, 2.05) is 6.92 Å². The molecular formula is C10H13ClFNO. The van der Waals surface area contributed by atoms with Gasteiger partial charge in [-0.25, -0.2) is 4.39 Å². The van der Waals surface area contributed by atoms with E-state index in [0.29, 0.717) is 6.42 Å². The zero-order valence-corrected chi connectivity index (χ0v) is 8.90. The molecule has 0 amide bonds. The molecular weight excluding hydrogens is 205 g/mol. The van der Waals surface area contributed by atoms with Gasteiger partial charge in [-0.1, -0.05) is 18.5 Å². The average molecular weight is 218 g/mol. The summed E-state index contributed by atoms with van der Waals surface area (Å²) >= 11 is 5.68. The lowest BCUT2D eigenvalue weighted by molar-refractivity contribution is 0.396. The third-order valence-electron chi connectivity index (χ3n) is 2.38. The molecule has 0 spiro atoms. The SMILES string of the molecule is CCC(C)(N)c1c(F)ccc(Cl)c1O. The largest absolute Gasteiger partial charge is 0.506 e. The Morgan fingerprint density at radius 1 is 1.57 bits per heavy atom. The average Bonchev–Trinajstić information content (AvgIpc) is 2.12. The molecule has 0 aliphatic heterocycles. The zero-order valence-electron chi connectivity index (χ0n) is 8.14. The number of rotatable bonds is 2. The smallest absolute Gasteiger partial charge is 0.142 e. The van der Waals surface area contributed by atoms with Crippen molar-refractivity contribution in [3.63, 3.8) is 0 Å². The van der Waals surface area contributed by atoms with E-state index >= 15 is 0 Å².